The van der Waals surface area contributed by atoms with Crippen LogP contribution in [0.3, 0.4) is 0 Å². The number of likely N-dealkylation sites (N-methyl/N-ethyl adjacent to an activating group) is 2. The largest absolute Gasteiger partial charge is 0.480 e. The van der Waals surface area contributed by atoms with Gasteiger partial charge in [-0.25, -0.2) is 0 Å². The smallest absolute Gasteiger partial charge is 0.323 e. The first-order valence-electron chi connectivity index (χ1n) is 7.64. The van der Waals surface area contributed by atoms with Crippen molar-refractivity contribution in [2.45, 2.75) is 57.7 Å². The molecule has 1 heterocycles. The van der Waals surface area contributed by atoms with E-state index >= 15 is 0 Å². The molecule has 0 radical (unpaired) electrons. The molecule has 1 aliphatic heterocycles. The summed E-state index contributed by atoms with van der Waals surface area (Å²) in [6, 6.07) is 0.716. The Balaban J connectivity index is 2.52. The maximum Gasteiger partial charge on any atom is 0.323 e. The number of nitrogens with one attached hydrogen (secondary N) is 1. The number of hydrogen-bond donors (Lipinski definition) is 2. The van der Waals surface area contributed by atoms with E-state index in [2.05, 4.69) is 29.2 Å². The number of carboxylic acids is 1. The lowest BCUT2D eigenvalue weighted by molar-refractivity contribution is -0.145. The van der Waals surface area contributed by atoms with Crippen LogP contribution in [-0.2, 0) is 4.79 Å². The normalized spacial score (nSPS) is 24.1. The van der Waals surface area contributed by atoms with Gasteiger partial charge < -0.3 is 14.9 Å². The van der Waals surface area contributed by atoms with Crippen molar-refractivity contribution in [3.63, 3.8) is 0 Å². The summed E-state index contributed by atoms with van der Waals surface area (Å²) in [4.78, 5) is 16.2. The van der Waals surface area contributed by atoms with Crippen LogP contribution >= 0.6 is 0 Å². The molecular weight excluding hydrogens is 254 g/mol. The van der Waals surface area contributed by atoms with Gasteiger partial charge in [-0.1, -0.05) is 0 Å². The number of aliphatic carboxylic acids is 1. The summed E-state index contributed by atoms with van der Waals surface area (Å²) in [5.41, 5.74) is -0.844. The fourth-order valence-corrected chi connectivity index (χ4v) is 2.96. The molecule has 5 nitrogen and oxygen atoms in total. The van der Waals surface area contributed by atoms with Crippen LogP contribution in [-0.4, -0.2) is 72.2 Å². The first-order valence-corrected chi connectivity index (χ1v) is 7.64. The topological polar surface area (TPSA) is 55.8 Å². The van der Waals surface area contributed by atoms with Gasteiger partial charge in [0, 0.05) is 25.2 Å². The zero-order valence-corrected chi connectivity index (χ0v) is 13.6. The van der Waals surface area contributed by atoms with E-state index in [1.54, 1.807) is 6.92 Å². The predicted molar refractivity (Wildman–Crippen MR) is 82.1 cm³/mol. The maximum atomic E-state index is 11.5. The van der Waals surface area contributed by atoms with Gasteiger partial charge in [0.1, 0.15) is 5.54 Å². The van der Waals surface area contributed by atoms with Crippen molar-refractivity contribution in [2.24, 2.45) is 0 Å². The summed E-state index contributed by atoms with van der Waals surface area (Å²) in [7, 11) is 4.27. The van der Waals surface area contributed by atoms with Crippen LogP contribution in [0.2, 0.25) is 0 Å². The van der Waals surface area contributed by atoms with Crippen molar-refractivity contribution >= 4 is 5.97 Å². The van der Waals surface area contributed by atoms with Crippen molar-refractivity contribution in [1.29, 1.82) is 0 Å². The molecule has 2 unspecified atom stereocenters. The van der Waals surface area contributed by atoms with Gasteiger partial charge in [0.25, 0.3) is 0 Å². The van der Waals surface area contributed by atoms with Gasteiger partial charge in [-0.2, -0.15) is 0 Å². The number of carbonyl (C=O) groups is 1. The average Bonchev–Trinajstić information content (AvgIpc) is 2.35. The summed E-state index contributed by atoms with van der Waals surface area (Å²) >= 11 is 0. The van der Waals surface area contributed by atoms with E-state index in [-0.39, 0.29) is 6.04 Å². The van der Waals surface area contributed by atoms with E-state index < -0.39 is 11.5 Å². The third-order valence-electron chi connectivity index (χ3n) is 4.27. The third kappa shape index (κ3) is 5.04. The van der Waals surface area contributed by atoms with Gasteiger partial charge in [0.05, 0.1) is 0 Å². The molecule has 1 saturated heterocycles. The Kier molecular flexibility index (Phi) is 6.43. The second-order valence-electron chi connectivity index (χ2n) is 6.73. The molecule has 0 spiro atoms. The number of hydrogen-bond acceptors (Lipinski definition) is 4. The molecule has 2 N–H and O–H groups in total. The number of nitrogens with zero attached hydrogens (tertiary/aromatic N) is 2. The summed E-state index contributed by atoms with van der Waals surface area (Å²) in [5, 5.41) is 12.6. The highest BCUT2D eigenvalue weighted by Crippen LogP contribution is 2.17. The standard InChI is InChI=1S/C15H31N3O2/c1-12(2)16-15(3,14(19)20)8-10-18(5)13-7-6-9-17(4)11-13/h12-13,16H,6-11H2,1-5H3,(H,19,20). The fourth-order valence-electron chi connectivity index (χ4n) is 2.96. The van der Waals surface area contributed by atoms with Gasteiger partial charge >= 0.3 is 5.97 Å². The molecule has 1 fully saturated rings. The van der Waals surface area contributed by atoms with Gasteiger partial charge in [-0.15, -0.1) is 0 Å². The minimum Gasteiger partial charge on any atom is -0.480 e. The Morgan fingerprint density at radius 2 is 2.20 bits per heavy atom. The van der Waals surface area contributed by atoms with Crippen molar-refractivity contribution < 1.29 is 9.90 Å². The van der Waals surface area contributed by atoms with E-state index in [0.29, 0.717) is 12.5 Å². The number of rotatable bonds is 7. The number of carboxylic acid groups (broad SMARTS) is 1. The molecule has 0 bridgehead atoms. The minimum absolute atomic E-state index is 0.169. The Morgan fingerprint density at radius 3 is 2.70 bits per heavy atom. The molecule has 2 atom stereocenters. The fraction of sp³-hybridized carbons (Fsp3) is 0.933. The van der Waals surface area contributed by atoms with Crippen LogP contribution in [0.25, 0.3) is 0 Å². The quantitative estimate of drug-likeness (QED) is 0.737. The van der Waals surface area contributed by atoms with E-state index in [9.17, 15) is 9.90 Å². The maximum absolute atomic E-state index is 11.5. The van der Waals surface area contributed by atoms with Gasteiger partial charge in [0.15, 0.2) is 0 Å². The van der Waals surface area contributed by atoms with Crippen LogP contribution in [0.1, 0.15) is 40.0 Å². The van der Waals surface area contributed by atoms with Gasteiger partial charge in [-0.05, 0) is 60.7 Å². The van der Waals surface area contributed by atoms with Crippen LogP contribution in [0.15, 0.2) is 0 Å². The van der Waals surface area contributed by atoms with Crippen molar-refractivity contribution in [1.82, 2.24) is 15.1 Å². The predicted octanol–water partition coefficient (Wildman–Crippen LogP) is 1.24. The molecule has 0 aromatic carbocycles. The summed E-state index contributed by atoms with van der Waals surface area (Å²) in [6.45, 7) is 8.82. The van der Waals surface area contributed by atoms with E-state index in [1.807, 2.05) is 13.8 Å². The zero-order valence-electron chi connectivity index (χ0n) is 13.6. The van der Waals surface area contributed by atoms with E-state index in [1.165, 1.54) is 19.4 Å². The lowest BCUT2D eigenvalue weighted by Crippen LogP contribution is -2.54. The molecule has 118 valence electrons. The lowest BCUT2D eigenvalue weighted by atomic mass is 9.95. The average molecular weight is 285 g/mol. The highest BCUT2D eigenvalue weighted by Gasteiger charge is 2.34. The highest BCUT2D eigenvalue weighted by atomic mass is 16.4. The SMILES string of the molecule is CC(C)NC(C)(CCN(C)C1CCCN(C)C1)C(=O)O. The molecular formula is C15H31N3O2. The van der Waals surface area contributed by atoms with Gasteiger partial charge in [0.2, 0.25) is 0 Å². The van der Waals surface area contributed by atoms with E-state index in [4.69, 9.17) is 0 Å². The molecule has 5 heteroatoms. The zero-order chi connectivity index (χ0) is 15.3. The van der Waals surface area contributed by atoms with Crippen molar-refractivity contribution in [2.75, 3.05) is 33.7 Å². The lowest BCUT2D eigenvalue weighted by Gasteiger charge is -2.37. The van der Waals surface area contributed by atoms with Crippen LogP contribution in [0.5, 0.6) is 0 Å². The summed E-state index contributed by atoms with van der Waals surface area (Å²) in [6.07, 6.45) is 3.06. The Bertz CT molecular complexity index is 322. The second-order valence-corrected chi connectivity index (χ2v) is 6.73. The third-order valence-corrected chi connectivity index (χ3v) is 4.27. The highest BCUT2D eigenvalue weighted by molar-refractivity contribution is 5.78. The monoisotopic (exact) mass is 285 g/mol. The van der Waals surface area contributed by atoms with E-state index in [0.717, 1.165) is 13.1 Å². The molecule has 1 rings (SSSR count). The molecule has 0 aromatic heterocycles. The molecule has 0 amide bonds. The molecule has 20 heavy (non-hydrogen) atoms. The van der Waals surface area contributed by atoms with Crippen LogP contribution in [0.4, 0.5) is 0 Å². The second kappa shape index (κ2) is 7.38. The van der Waals surface area contributed by atoms with Crippen LogP contribution in [0, 0.1) is 0 Å². The van der Waals surface area contributed by atoms with Gasteiger partial charge in [-0.3, -0.25) is 10.1 Å². The first-order chi connectivity index (χ1) is 9.24. The minimum atomic E-state index is -0.844. The Labute approximate surface area is 123 Å². The van der Waals surface area contributed by atoms with Crippen molar-refractivity contribution in [3.05, 3.63) is 0 Å². The van der Waals surface area contributed by atoms with Crippen molar-refractivity contribution in [3.8, 4) is 0 Å². The summed E-state index contributed by atoms with van der Waals surface area (Å²) < 4.78 is 0. The first kappa shape index (κ1) is 17.4. The molecule has 1 aliphatic rings. The molecule has 0 aliphatic carbocycles. The van der Waals surface area contributed by atoms with Crippen LogP contribution < -0.4 is 5.32 Å². The number of likely N-dealkylation sites (tertiary alicyclic amines) is 1. The molecule has 0 saturated carbocycles. The summed E-state index contributed by atoms with van der Waals surface area (Å²) in [5.74, 6) is -0.764. The molecule has 0 aromatic rings. The Hall–Kier alpha value is -0.650. The number of piperidine rings is 1. The Morgan fingerprint density at radius 1 is 1.55 bits per heavy atom.